The number of aromatic nitrogens is 2. The van der Waals surface area contributed by atoms with Crippen LogP contribution in [0.2, 0.25) is 4.34 Å². The minimum Gasteiger partial charge on any atom is -0.497 e. The second-order valence-corrected chi connectivity index (χ2v) is 6.28. The topological polar surface area (TPSA) is 53.1 Å². The summed E-state index contributed by atoms with van der Waals surface area (Å²) in [6, 6.07) is 11.6. The van der Waals surface area contributed by atoms with E-state index < -0.39 is 0 Å². The number of ether oxygens (including phenoxy) is 1. The predicted octanol–water partition coefficient (Wildman–Crippen LogP) is 4.06. The van der Waals surface area contributed by atoms with Gasteiger partial charge in [-0.1, -0.05) is 23.7 Å². The molecule has 0 fully saturated rings. The predicted molar refractivity (Wildman–Crippen MR) is 87.9 cm³/mol. The van der Waals surface area contributed by atoms with E-state index in [-0.39, 0.29) is 0 Å². The number of hydrogen-bond acceptors (Lipinski definition) is 4. The molecule has 0 atom stereocenters. The number of hydrogen-bond donors (Lipinski definition) is 1. The van der Waals surface area contributed by atoms with Crippen LogP contribution in [0.25, 0.3) is 21.7 Å². The second kappa shape index (κ2) is 5.42. The minimum absolute atomic E-state index is 0.625. The van der Waals surface area contributed by atoms with E-state index in [4.69, 9.17) is 22.1 Å². The van der Waals surface area contributed by atoms with Gasteiger partial charge < -0.3 is 10.5 Å². The fourth-order valence-corrected chi connectivity index (χ4v) is 3.23. The Morgan fingerprint density at radius 2 is 1.90 bits per heavy atom. The number of rotatable bonds is 3. The highest BCUT2D eigenvalue weighted by molar-refractivity contribution is 7.19. The molecule has 0 aliphatic rings. The third-order valence-corrected chi connectivity index (χ3v) is 4.51. The number of halogens is 1. The van der Waals surface area contributed by atoms with Crippen molar-refractivity contribution in [2.24, 2.45) is 7.05 Å². The van der Waals surface area contributed by atoms with Gasteiger partial charge in [-0.05, 0) is 29.8 Å². The van der Waals surface area contributed by atoms with Crippen molar-refractivity contribution in [2.75, 3.05) is 12.8 Å². The van der Waals surface area contributed by atoms with Crippen LogP contribution in [0.5, 0.6) is 5.75 Å². The van der Waals surface area contributed by atoms with Gasteiger partial charge in [0.25, 0.3) is 0 Å². The lowest BCUT2D eigenvalue weighted by molar-refractivity contribution is 0.415. The summed E-state index contributed by atoms with van der Waals surface area (Å²) in [5.74, 6) is 1.43. The summed E-state index contributed by atoms with van der Waals surface area (Å²) < 4.78 is 7.61. The second-order valence-electron chi connectivity index (χ2n) is 4.56. The Bertz CT molecular complexity index is 777. The molecule has 21 heavy (non-hydrogen) atoms. The van der Waals surface area contributed by atoms with Gasteiger partial charge in [-0.15, -0.1) is 11.3 Å². The standard InChI is InChI=1S/C15H14ClN3OS/c1-19-15(17)13(9-3-5-10(20-2)6-4-9)14(18-19)11-7-8-12(16)21-11/h3-8H,17H2,1-2H3. The lowest BCUT2D eigenvalue weighted by atomic mass is 10.0. The Kier molecular flexibility index (Phi) is 3.61. The third kappa shape index (κ3) is 2.50. The van der Waals surface area contributed by atoms with E-state index >= 15 is 0 Å². The number of anilines is 1. The summed E-state index contributed by atoms with van der Waals surface area (Å²) in [5.41, 5.74) is 8.95. The van der Waals surface area contributed by atoms with Crippen LogP contribution in [0.4, 0.5) is 5.82 Å². The van der Waals surface area contributed by atoms with Crippen molar-refractivity contribution in [1.82, 2.24) is 9.78 Å². The van der Waals surface area contributed by atoms with Gasteiger partial charge in [0, 0.05) is 7.05 Å². The lowest BCUT2D eigenvalue weighted by Gasteiger charge is -2.05. The van der Waals surface area contributed by atoms with Gasteiger partial charge in [0.15, 0.2) is 0 Å². The summed E-state index contributed by atoms with van der Waals surface area (Å²) in [7, 11) is 3.48. The number of nitrogen functional groups attached to an aromatic ring is 1. The first-order valence-corrected chi connectivity index (χ1v) is 7.52. The van der Waals surface area contributed by atoms with Crippen molar-refractivity contribution in [2.45, 2.75) is 0 Å². The average molecular weight is 320 g/mol. The van der Waals surface area contributed by atoms with E-state index in [1.807, 2.05) is 43.4 Å². The van der Waals surface area contributed by atoms with E-state index in [0.29, 0.717) is 5.82 Å². The maximum Gasteiger partial charge on any atom is 0.129 e. The normalized spacial score (nSPS) is 10.8. The number of nitrogens with two attached hydrogens (primary N) is 1. The zero-order valence-electron chi connectivity index (χ0n) is 11.6. The molecule has 0 saturated heterocycles. The van der Waals surface area contributed by atoms with Gasteiger partial charge in [-0.3, -0.25) is 4.68 Å². The molecule has 0 bridgehead atoms. The highest BCUT2D eigenvalue weighted by Crippen LogP contribution is 2.40. The molecule has 2 N–H and O–H groups in total. The Labute approximate surface area is 131 Å². The summed E-state index contributed by atoms with van der Waals surface area (Å²) in [6.07, 6.45) is 0. The quantitative estimate of drug-likeness (QED) is 0.792. The molecule has 0 amide bonds. The molecule has 108 valence electrons. The number of aryl methyl sites for hydroxylation is 1. The van der Waals surface area contributed by atoms with E-state index in [1.54, 1.807) is 11.8 Å². The fourth-order valence-electron chi connectivity index (χ4n) is 2.19. The van der Waals surface area contributed by atoms with E-state index in [2.05, 4.69) is 5.10 Å². The third-order valence-electron chi connectivity index (χ3n) is 3.28. The molecule has 0 aliphatic heterocycles. The van der Waals surface area contributed by atoms with Crippen LogP contribution in [-0.4, -0.2) is 16.9 Å². The molecule has 2 heterocycles. The van der Waals surface area contributed by atoms with Crippen LogP contribution in [0, 0.1) is 0 Å². The number of methoxy groups -OCH3 is 1. The Morgan fingerprint density at radius 1 is 1.19 bits per heavy atom. The van der Waals surface area contributed by atoms with Gasteiger partial charge in [0.2, 0.25) is 0 Å². The molecule has 0 unspecified atom stereocenters. The van der Waals surface area contributed by atoms with Gasteiger partial charge in [-0.25, -0.2) is 0 Å². The Hall–Kier alpha value is -1.98. The molecule has 0 aliphatic carbocycles. The van der Waals surface area contributed by atoms with Gasteiger partial charge in [0.05, 0.1) is 21.9 Å². The van der Waals surface area contributed by atoms with Crippen LogP contribution in [0.3, 0.4) is 0 Å². The van der Waals surface area contributed by atoms with Gasteiger partial charge >= 0.3 is 0 Å². The van der Waals surface area contributed by atoms with Crippen LogP contribution in [0.15, 0.2) is 36.4 Å². The van der Waals surface area contributed by atoms with Crippen molar-refractivity contribution < 1.29 is 4.74 Å². The van der Waals surface area contributed by atoms with E-state index in [0.717, 1.165) is 31.8 Å². The number of nitrogens with zero attached hydrogens (tertiary/aromatic N) is 2. The van der Waals surface area contributed by atoms with Crippen LogP contribution in [0.1, 0.15) is 0 Å². The van der Waals surface area contributed by atoms with E-state index in [1.165, 1.54) is 11.3 Å². The fraction of sp³-hybridized carbons (Fsp3) is 0.133. The molecule has 3 rings (SSSR count). The largest absolute Gasteiger partial charge is 0.497 e. The van der Waals surface area contributed by atoms with Gasteiger partial charge in [-0.2, -0.15) is 5.10 Å². The van der Waals surface area contributed by atoms with Crippen molar-refractivity contribution in [1.29, 1.82) is 0 Å². The summed E-state index contributed by atoms with van der Waals surface area (Å²) in [6.45, 7) is 0. The SMILES string of the molecule is COc1ccc(-c2c(-c3ccc(Cl)s3)nn(C)c2N)cc1. The van der Waals surface area contributed by atoms with Crippen molar-refractivity contribution >= 4 is 28.8 Å². The Balaban J connectivity index is 2.16. The molecule has 3 aromatic rings. The molecular formula is C15H14ClN3OS. The minimum atomic E-state index is 0.625. The monoisotopic (exact) mass is 319 g/mol. The molecule has 0 spiro atoms. The first kappa shape index (κ1) is 14.0. The molecule has 0 radical (unpaired) electrons. The summed E-state index contributed by atoms with van der Waals surface area (Å²) in [4.78, 5) is 0.998. The smallest absolute Gasteiger partial charge is 0.129 e. The molecule has 2 aromatic heterocycles. The summed E-state index contributed by atoms with van der Waals surface area (Å²) >= 11 is 7.52. The van der Waals surface area contributed by atoms with Crippen LogP contribution < -0.4 is 10.5 Å². The van der Waals surface area contributed by atoms with E-state index in [9.17, 15) is 0 Å². The molecule has 6 heteroatoms. The lowest BCUT2D eigenvalue weighted by Crippen LogP contribution is -1.98. The maximum absolute atomic E-state index is 6.19. The molecular weight excluding hydrogens is 306 g/mol. The first-order chi connectivity index (χ1) is 10.1. The van der Waals surface area contributed by atoms with Crippen molar-refractivity contribution in [3.05, 3.63) is 40.7 Å². The molecule has 1 aromatic carbocycles. The average Bonchev–Trinajstić information content (AvgIpc) is 3.04. The first-order valence-electron chi connectivity index (χ1n) is 6.32. The number of benzene rings is 1. The van der Waals surface area contributed by atoms with Crippen molar-refractivity contribution in [3.8, 4) is 27.4 Å². The van der Waals surface area contributed by atoms with Crippen LogP contribution in [-0.2, 0) is 7.05 Å². The maximum atomic E-state index is 6.19. The summed E-state index contributed by atoms with van der Waals surface area (Å²) in [5, 5.41) is 4.52. The highest BCUT2D eigenvalue weighted by Gasteiger charge is 2.18. The van der Waals surface area contributed by atoms with Crippen LogP contribution >= 0.6 is 22.9 Å². The Morgan fingerprint density at radius 3 is 2.48 bits per heavy atom. The van der Waals surface area contributed by atoms with Crippen molar-refractivity contribution in [3.63, 3.8) is 0 Å². The molecule has 4 nitrogen and oxygen atoms in total. The zero-order valence-corrected chi connectivity index (χ0v) is 13.2. The van der Waals surface area contributed by atoms with Gasteiger partial charge in [0.1, 0.15) is 17.3 Å². The molecule has 0 saturated carbocycles. The number of thiophene rings is 1. The zero-order chi connectivity index (χ0) is 15.0. The highest BCUT2D eigenvalue weighted by atomic mass is 35.5.